The van der Waals surface area contributed by atoms with Crippen LogP contribution in [0.25, 0.3) is 0 Å². The van der Waals surface area contributed by atoms with E-state index in [1.807, 2.05) is 0 Å². The Morgan fingerprint density at radius 2 is 1.74 bits per heavy atom. The van der Waals surface area contributed by atoms with E-state index in [-0.39, 0.29) is 29.2 Å². The number of rotatable bonds is 4. The summed E-state index contributed by atoms with van der Waals surface area (Å²) in [6.45, 7) is 0. The van der Waals surface area contributed by atoms with Gasteiger partial charge in [0.25, 0.3) is 0 Å². The Hall–Kier alpha value is -1.97. The fourth-order valence-electron chi connectivity index (χ4n) is 3.85. The summed E-state index contributed by atoms with van der Waals surface area (Å²) in [5.74, 6) is -1.37. The van der Waals surface area contributed by atoms with Gasteiger partial charge in [-0.25, -0.2) is 17.2 Å². The molecule has 2 aromatic rings. The molecular weight excluding hydrogens is 392 g/mol. The van der Waals surface area contributed by atoms with Crippen LogP contribution >= 0.6 is 11.6 Å². The molecule has 2 aromatic carbocycles. The zero-order chi connectivity index (χ0) is 19.7. The molecule has 0 heterocycles. The van der Waals surface area contributed by atoms with Gasteiger partial charge in [0.05, 0.1) is 11.0 Å². The van der Waals surface area contributed by atoms with E-state index < -0.39 is 26.2 Å². The molecule has 142 valence electrons. The van der Waals surface area contributed by atoms with E-state index in [0.29, 0.717) is 24.3 Å². The lowest BCUT2D eigenvalue weighted by Crippen LogP contribution is -2.40. The number of nitrogens with zero attached hydrogens (tertiary/aromatic N) is 1. The van der Waals surface area contributed by atoms with Crippen molar-refractivity contribution < 1.29 is 17.2 Å². The second-order valence-corrected chi connectivity index (χ2v) is 9.58. The molecule has 0 saturated heterocycles. The van der Waals surface area contributed by atoms with Gasteiger partial charge in [0.2, 0.25) is 0 Å². The molecule has 3 nitrogen and oxygen atoms in total. The summed E-state index contributed by atoms with van der Waals surface area (Å²) in [7, 11) is -4.02. The largest absolute Gasteiger partial charge is 0.223 e. The average molecular weight is 410 g/mol. The minimum atomic E-state index is -4.02. The van der Waals surface area contributed by atoms with E-state index in [0.717, 1.165) is 18.2 Å². The number of sulfone groups is 1. The van der Waals surface area contributed by atoms with E-state index in [9.17, 15) is 17.2 Å². The molecule has 3 rings (SSSR count). The third-order valence-electron chi connectivity index (χ3n) is 5.35. The van der Waals surface area contributed by atoms with Crippen LogP contribution < -0.4 is 0 Å². The fourth-order valence-corrected chi connectivity index (χ4v) is 6.14. The summed E-state index contributed by atoms with van der Waals surface area (Å²) in [4.78, 5) is 0.0225. The maximum atomic E-state index is 14.6. The van der Waals surface area contributed by atoms with Gasteiger partial charge >= 0.3 is 0 Å². The second-order valence-electron chi connectivity index (χ2n) is 6.88. The zero-order valence-corrected chi connectivity index (χ0v) is 16.0. The third-order valence-corrected chi connectivity index (χ3v) is 8.15. The van der Waals surface area contributed by atoms with Crippen molar-refractivity contribution in [1.29, 1.82) is 5.26 Å². The van der Waals surface area contributed by atoms with Crippen LogP contribution in [0.4, 0.5) is 8.78 Å². The monoisotopic (exact) mass is 409 g/mol. The van der Waals surface area contributed by atoms with Gasteiger partial charge in [-0.05, 0) is 74.1 Å². The Morgan fingerprint density at radius 1 is 1.11 bits per heavy atom. The summed E-state index contributed by atoms with van der Waals surface area (Å²) < 4.78 is 54.1. The summed E-state index contributed by atoms with van der Waals surface area (Å²) in [5.41, 5.74) is -0.146. The normalized spacial score (nSPS) is 23.0. The smallest absolute Gasteiger partial charge is 0.188 e. The van der Waals surface area contributed by atoms with Gasteiger partial charge in [-0.3, -0.25) is 0 Å². The van der Waals surface area contributed by atoms with Crippen molar-refractivity contribution >= 4 is 21.4 Å². The van der Waals surface area contributed by atoms with Gasteiger partial charge in [0.15, 0.2) is 9.84 Å². The molecule has 0 spiro atoms. The first-order valence-corrected chi connectivity index (χ1v) is 10.5. The molecule has 27 heavy (non-hydrogen) atoms. The van der Waals surface area contributed by atoms with E-state index >= 15 is 0 Å². The number of hydrogen-bond donors (Lipinski definition) is 0. The van der Waals surface area contributed by atoms with Crippen LogP contribution in [0.2, 0.25) is 5.02 Å². The molecule has 1 fully saturated rings. The van der Waals surface area contributed by atoms with Crippen molar-refractivity contribution in [2.45, 2.75) is 41.7 Å². The maximum Gasteiger partial charge on any atom is 0.188 e. The summed E-state index contributed by atoms with van der Waals surface area (Å²) in [5, 5.41) is 9.31. The number of halogens is 3. The van der Waals surface area contributed by atoms with E-state index in [4.69, 9.17) is 16.9 Å². The van der Waals surface area contributed by atoms with Crippen molar-refractivity contribution in [1.82, 2.24) is 0 Å². The van der Waals surface area contributed by atoms with Gasteiger partial charge in [0, 0.05) is 17.0 Å². The molecule has 0 unspecified atom stereocenters. The van der Waals surface area contributed by atoms with Gasteiger partial charge in [-0.2, -0.15) is 5.26 Å². The minimum Gasteiger partial charge on any atom is -0.223 e. The Bertz CT molecular complexity index is 976. The SMILES string of the molecule is N#CC[C@H]1CC[C@@](c2cc(F)ccc2F)(S(=O)(=O)c2ccc(Cl)cc2)CC1. The maximum absolute atomic E-state index is 14.6. The molecule has 0 bridgehead atoms. The van der Waals surface area contributed by atoms with Gasteiger partial charge in [-0.15, -0.1) is 0 Å². The standard InChI is InChI=1S/C20H18ClF2NO2S/c21-15-1-4-17(5-2-15)27(25,26)20(10-7-14(8-11-20)9-12-24)18-13-16(22)3-6-19(18)23/h1-6,13-14H,7-11H2/t14-,20+. The Balaban J connectivity index is 2.15. The van der Waals surface area contributed by atoms with E-state index in [1.54, 1.807) is 0 Å². The quantitative estimate of drug-likeness (QED) is 0.680. The highest BCUT2D eigenvalue weighted by Crippen LogP contribution is 2.49. The third kappa shape index (κ3) is 3.59. The zero-order valence-electron chi connectivity index (χ0n) is 14.5. The van der Waals surface area contributed by atoms with Crippen LogP contribution in [-0.2, 0) is 14.6 Å². The molecule has 7 heteroatoms. The molecule has 0 N–H and O–H groups in total. The molecule has 0 amide bonds. The molecule has 0 aromatic heterocycles. The first kappa shape index (κ1) is 19.8. The molecule has 1 aliphatic carbocycles. The summed E-state index contributed by atoms with van der Waals surface area (Å²) in [6, 6.07) is 10.7. The van der Waals surface area contributed by atoms with Crippen molar-refractivity contribution in [3.8, 4) is 6.07 Å². The van der Waals surface area contributed by atoms with Crippen molar-refractivity contribution in [2.24, 2.45) is 5.92 Å². The number of benzene rings is 2. The highest BCUT2D eigenvalue weighted by molar-refractivity contribution is 7.92. The first-order valence-electron chi connectivity index (χ1n) is 8.63. The Kier molecular flexibility index (Phi) is 5.55. The first-order chi connectivity index (χ1) is 12.8. The van der Waals surface area contributed by atoms with Crippen LogP contribution in [-0.4, -0.2) is 8.42 Å². The minimum absolute atomic E-state index is 0.0225. The summed E-state index contributed by atoms with van der Waals surface area (Å²) in [6.07, 6.45) is 1.49. The Morgan fingerprint density at radius 3 is 2.33 bits per heavy atom. The fraction of sp³-hybridized carbons (Fsp3) is 0.350. The summed E-state index contributed by atoms with van der Waals surface area (Å²) >= 11 is 5.86. The van der Waals surface area contributed by atoms with Gasteiger partial charge in [-0.1, -0.05) is 11.6 Å². The molecule has 0 radical (unpaired) electrons. The van der Waals surface area contributed by atoms with Crippen LogP contribution in [0.15, 0.2) is 47.4 Å². The molecule has 1 aliphatic rings. The van der Waals surface area contributed by atoms with E-state index in [2.05, 4.69) is 6.07 Å². The van der Waals surface area contributed by atoms with Crippen molar-refractivity contribution in [2.75, 3.05) is 0 Å². The molecular formula is C20H18ClF2NO2S. The van der Waals surface area contributed by atoms with Crippen molar-refractivity contribution in [3.05, 3.63) is 64.7 Å². The van der Waals surface area contributed by atoms with Crippen LogP contribution in [0.3, 0.4) is 0 Å². The predicted molar refractivity (Wildman–Crippen MR) is 98.9 cm³/mol. The molecule has 0 aliphatic heterocycles. The average Bonchev–Trinajstić information content (AvgIpc) is 2.65. The lowest BCUT2D eigenvalue weighted by atomic mass is 9.77. The lowest BCUT2D eigenvalue weighted by molar-refractivity contribution is 0.289. The highest BCUT2D eigenvalue weighted by Gasteiger charge is 2.49. The molecule has 0 atom stereocenters. The van der Waals surface area contributed by atoms with Crippen molar-refractivity contribution in [3.63, 3.8) is 0 Å². The highest BCUT2D eigenvalue weighted by atomic mass is 35.5. The van der Waals surface area contributed by atoms with Crippen LogP contribution in [0.1, 0.15) is 37.7 Å². The van der Waals surface area contributed by atoms with Gasteiger partial charge in [0.1, 0.15) is 16.4 Å². The topological polar surface area (TPSA) is 57.9 Å². The Labute approximate surface area is 162 Å². The molecule has 1 saturated carbocycles. The van der Waals surface area contributed by atoms with Crippen LogP contribution in [0, 0.1) is 28.9 Å². The van der Waals surface area contributed by atoms with Gasteiger partial charge < -0.3 is 0 Å². The predicted octanol–water partition coefficient (Wildman–Crippen LogP) is 5.39. The lowest BCUT2D eigenvalue weighted by Gasteiger charge is -2.39. The van der Waals surface area contributed by atoms with Crippen LogP contribution in [0.5, 0.6) is 0 Å². The van der Waals surface area contributed by atoms with E-state index in [1.165, 1.54) is 24.3 Å². The second kappa shape index (κ2) is 7.57. The number of hydrogen-bond acceptors (Lipinski definition) is 3. The number of nitriles is 1.